The van der Waals surface area contributed by atoms with Gasteiger partial charge in [-0.25, -0.2) is 0 Å². The minimum absolute atomic E-state index is 0.0643. The Morgan fingerprint density at radius 1 is 1.36 bits per heavy atom. The van der Waals surface area contributed by atoms with Gasteiger partial charge in [-0.2, -0.15) is 0 Å². The summed E-state index contributed by atoms with van der Waals surface area (Å²) < 4.78 is 0. The average molecular weight is 198 g/mol. The molecule has 0 aromatic carbocycles. The Bertz CT molecular complexity index is 194. The van der Waals surface area contributed by atoms with Crippen molar-refractivity contribution in [3.8, 4) is 0 Å². The van der Waals surface area contributed by atoms with Gasteiger partial charge in [0.15, 0.2) is 0 Å². The van der Waals surface area contributed by atoms with Gasteiger partial charge in [0, 0.05) is 13.1 Å². The average Bonchev–Trinajstić information content (AvgIpc) is 2.20. The summed E-state index contributed by atoms with van der Waals surface area (Å²) in [6.45, 7) is 4.20. The first-order valence-corrected chi connectivity index (χ1v) is 5.62. The standard InChI is InChI=1S/C11H22N2O/c1-8-6-4-5-7-10(8)13-9(2)11(14)12-3/h8-10,13H,4-7H2,1-3H3,(H,12,14)/t8?,9-,10?/m0/s1. The Kier molecular flexibility index (Phi) is 4.39. The summed E-state index contributed by atoms with van der Waals surface area (Å²) in [5.74, 6) is 0.790. The lowest BCUT2D eigenvalue weighted by molar-refractivity contribution is -0.122. The van der Waals surface area contributed by atoms with E-state index in [1.54, 1.807) is 7.05 Å². The van der Waals surface area contributed by atoms with Crippen molar-refractivity contribution in [3.05, 3.63) is 0 Å². The highest BCUT2D eigenvalue weighted by Gasteiger charge is 2.24. The van der Waals surface area contributed by atoms with E-state index in [0.717, 1.165) is 0 Å². The van der Waals surface area contributed by atoms with E-state index in [1.165, 1.54) is 25.7 Å². The van der Waals surface area contributed by atoms with Crippen molar-refractivity contribution in [1.29, 1.82) is 0 Å². The molecule has 0 spiro atoms. The summed E-state index contributed by atoms with van der Waals surface area (Å²) in [6.07, 6.45) is 5.14. The Hall–Kier alpha value is -0.570. The van der Waals surface area contributed by atoms with Crippen LogP contribution in [0.4, 0.5) is 0 Å². The molecule has 0 bridgehead atoms. The van der Waals surface area contributed by atoms with Gasteiger partial charge in [-0.05, 0) is 25.7 Å². The van der Waals surface area contributed by atoms with Crippen molar-refractivity contribution in [2.45, 2.75) is 51.6 Å². The fourth-order valence-corrected chi connectivity index (χ4v) is 2.18. The molecule has 0 aromatic heterocycles. The molecule has 0 radical (unpaired) electrons. The fraction of sp³-hybridized carbons (Fsp3) is 0.909. The number of nitrogens with one attached hydrogen (secondary N) is 2. The maximum atomic E-state index is 11.3. The maximum Gasteiger partial charge on any atom is 0.236 e. The van der Waals surface area contributed by atoms with Crippen molar-refractivity contribution < 1.29 is 4.79 Å². The first-order chi connectivity index (χ1) is 6.65. The monoisotopic (exact) mass is 198 g/mol. The molecule has 3 atom stereocenters. The molecule has 0 heterocycles. The van der Waals surface area contributed by atoms with Gasteiger partial charge in [0.2, 0.25) is 5.91 Å². The molecule has 1 aliphatic carbocycles. The Labute approximate surface area is 86.6 Å². The Balaban J connectivity index is 2.38. The van der Waals surface area contributed by atoms with Gasteiger partial charge in [-0.1, -0.05) is 19.8 Å². The lowest BCUT2D eigenvalue weighted by atomic mass is 9.85. The van der Waals surface area contributed by atoms with Crippen molar-refractivity contribution in [3.63, 3.8) is 0 Å². The maximum absolute atomic E-state index is 11.3. The summed E-state index contributed by atoms with van der Waals surface area (Å²) in [6, 6.07) is 0.460. The number of carbonyl (C=O) groups excluding carboxylic acids is 1. The molecule has 1 aliphatic rings. The van der Waals surface area contributed by atoms with Crippen molar-refractivity contribution in [2.24, 2.45) is 5.92 Å². The third-order valence-corrected chi connectivity index (χ3v) is 3.22. The van der Waals surface area contributed by atoms with Crippen molar-refractivity contribution in [1.82, 2.24) is 10.6 Å². The van der Waals surface area contributed by atoms with E-state index in [-0.39, 0.29) is 11.9 Å². The van der Waals surface area contributed by atoms with Gasteiger partial charge in [-0.3, -0.25) is 4.79 Å². The van der Waals surface area contributed by atoms with E-state index in [1.807, 2.05) is 6.92 Å². The summed E-state index contributed by atoms with van der Waals surface area (Å²) in [4.78, 5) is 11.3. The third kappa shape index (κ3) is 2.98. The topological polar surface area (TPSA) is 41.1 Å². The predicted molar refractivity (Wildman–Crippen MR) is 58.1 cm³/mol. The summed E-state index contributed by atoms with van der Waals surface area (Å²) in [5.41, 5.74) is 0. The highest BCUT2D eigenvalue weighted by atomic mass is 16.2. The molecule has 1 amide bonds. The molecule has 1 rings (SSSR count). The molecule has 14 heavy (non-hydrogen) atoms. The Morgan fingerprint density at radius 2 is 2.00 bits per heavy atom. The summed E-state index contributed by atoms with van der Waals surface area (Å²) >= 11 is 0. The minimum atomic E-state index is -0.0643. The number of carbonyl (C=O) groups is 1. The zero-order valence-corrected chi connectivity index (χ0v) is 9.47. The van der Waals surface area contributed by atoms with E-state index < -0.39 is 0 Å². The molecule has 0 saturated heterocycles. The van der Waals surface area contributed by atoms with Crippen molar-refractivity contribution in [2.75, 3.05) is 7.05 Å². The van der Waals surface area contributed by atoms with Crippen LogP contribution in [0, 0.1) is 5.92 Å². The van der Waals surface area contributed by atoms with Gasteiger partial charge in [0.1, 0.15) is 0 Å². The number of likely N-dealkylation sites (N-methyl/N-ethyl adjacent to an activating group) is 1. The van der Waals surface area contributed by atoms with Gasteiger partial charge in [0.25, 0.3) is 0 Å². The van der Waals surface area contributed by atoms with Gasteiger partial charge in [-0.15, -0.1) is 0 Å². The lowest BCUT2D eigenvalue weighted by Gasteiger charge is -2.31. The zero-order valence-electron chi connectivity index (χ0n) is 9.47. The highest BCUT2D eigenvalue weighted by molar-refractivity contribution is 5.80. The Morgan fingerprint density at radius 3 is 2.57 bits per heavy atom. The second kappa shape index (κ2) is 5.35. The molecular weight excluding hydrogens is 176 g/mol. The first kappa shape index (κ1) is 11.5. The molecule has 3 heteroatoms. The van der Waals surface area contributed by atoms with Crippen LogP contribution in [0.5, 0.6) is 0 Å². The van der Waals surface area contributed by atoms with Crippen LogP contribution in [0.1, 0.15) is 39.5 Å². The van der Waals surface area contributed by atoms with E-state index in [4.69, 9.17) is 0 Å². The zero-order chi connectivity index (χ0) is 10.6. The van der Waals surface area contributed by atoms with Crippen LogP contribution >= 0.6 is 0 Å². The summed E-state index contributed by atoms with van der Waals surface area (Å²) in [5, 5.41) is 6.07. The number of hydrogen-bond donors (Lipinski definition) is 2. The highest BCUT2D eigenvalue weighted by Crippen LogP contribution is 2.23. The second-order valence-electron chi connectivity index (χ2n) is 4.37. The van der Waals surface area contributed by atoms with E-state index in [9.17, 15) is 4.79 Å². The second-order valence-corrected chi connectivity index (χ2v) is 4.37. The minimum Gasteiger partial charge on any atom is -0.358 e. The molecule has 82 valence electrons. The van der Waals surface area contributed by atoms with Crippen LogP contribution in [0.25, 0.3) is 0 Å². The molecule has 2 N–H and O–H groups in total. The van der Waals surface area contributed by atoms with Crippen LogP contribution in [0.3, 0.4) is 0 Å². The molecule has 0 aromatic rings. The lowest BCUT2D eigenvalue weighted by Crippen LogP contribution is -2.48. The number of hydrogen-bond acceptors (Lipinski definition) is 2. The number of amides is 1. The van der Waals surface area contributed by atoms with Crippen LogP contribution in [-0.2, 0) is 4.79 Å². The van der Waals surface area contributed by atoms with Gasteiger partial charge in [0.05, 0.1) is 6.04 Å². The smallest absolute Gasteiger partial charge is 0.236 e. The van der Waals surface area contributed by atoms with Crippen LogP contribution in [0.2, 0.25) is 0 Å². The van der Waals surface area contributed by atoms with E-state index >= 15 is 0 Å². The van der Waals surface area contributed by atoms with Gasteiger partial charge < -0.3 is 10.6 Å². The van der Waals surface area contributed by atoms with Crippen LogP contribution in [-0.4, -0.2) is 25.0 Å². The summed E-state index contributed by atoms with van der Waals surface area (Å²) in [7, 11) is 1.69. The molecule has 2 unspecified atom stereocenters. The fourth-order valence-electron chi connectivity index (χ4n) is 2.18. The van der Waals surface area contributed by atoms with Gasteiger partial charge >= 0.3 is 0 Å². The molecule has 1 saturated carbocycles. The van der Waals surface area contributed by atoms with E-state index in [0.29, 0.717) is 12.0 Å². The van der Waals surface area contributed by atoms with Crippen LogP contribution < -0.4 is 10.6 Å². The SMILES string of the molecule is CNC(=O)[C@H](C)NC1CCCCC1C. The third-order valence-electron chi connectivity index (χ3n) is 3.22. The number of rotatable bonds is 3. The molecule has 1 fully saturated rings. The van der Waals surface area contributed by atoms with E-state index in [2.05, 4.69) is 17.6 Å². The largest absolute Gasteiger partial charge is 0.358 e. The molecule has 3 nitrogen and oxygen atoms in total. The normalized spacial score (nSPS) is 29.6. The van der Waals surface area contributed by atoms with Crippen molar-refractivity contribution >= 4 is 5.91 Å². The first-order valence-electron chi connectivity index (χ1n) is 5.62. The quantitative estimate of drug-likeness (QED) is 0.717. The molecule has 0 aliphatic heterocycles. The van der Waals surface area contributed by atoms with Crippen LogP contribution in [0.15, 0.2) is 0 Å². The molecular formula is C11H22N2O. The predicted octanol–water partition coefficient (Wildman–Crippen LogP) is 1.29.